The number of primary amides is 1. The molecule has 0 spiro atoms. The van der Waals surface area contributed by atoms with Gasteiger partial charge in [0.25, 0.3) is 11.6 Å². The molecule has 21 heavy (non-hydrogen) atoms. The molecular formula is C14H17N3O4. The van der Waals surface area contributed by atoms with Gasteiger partial charge in [0.2, 0.25) is 5.91 Å². The second kappa shape index (κ2) is 5.90. The first-order valence-electron chi connectivity index (χ1n) is 6.74. The summed E-state index contributed by atoms with van der Waals surface area (Å²) in [5, 5.41) is 10.9. The van der Waals surface area contributed by atoms with E-state index in [1.165, 1.54) is 12.1 Å². The highest BCUT2D eigenvalue weighted by Crippen LogP contribution is 2.24. The summed E-state index contributed by atoms with van der Waals surface area (Å²) in [4.78, 5) is 35.8. The van der Waals surface area contributed by atoms with Gasteiger partial charge in [-0.1, -0.05) is 6.07 Å². The maximum absolute atomic E-state index is 12.5. The predicted octanol–water partition coefficient (Wildman–Crippen LogP) is 1.24. The van der Waals surface area contributed by atoms with Gasteiger partial charge in [-0.15, -0.1) is 0 Å². The second-order valence-corrected chi connectivity index (χ2v) is 5.20. The monoisotopic (exact) mass is 291 g/mol. The van der Waals surface area contributed by atoms with Gasteiger partial charge in [0.1, 0.15) is 0 Å². The third kappa shape index (κ3) is 3.01. The first-order chi connectivity index (χ1) is 9.91. The van der Waals surface area contributed by atoms with E-state index in [0.717, 1.165) is 0 Å². The fourth-order valence-corrected chi connectivity index (χ4v) is 2.62. The number of hydrogen-bond donors (Lipinski definition) is 1. The Balaban J connectivity index is 2.26. The van der Waals surface area contributed by atoms with Crippen LogP contribution in [0.5, 0.6) is 0 Å². The minimum Gasteiger partial charge on any atom is -0.369 e. The van der Waals surface area contributed by atoms with E-state index in [2.05, 4.69) is 0 Å². The number of piperidine rings is 1. The SMILES string of the molecule is Cc1c(C(=O)N2CCCC(C(N)=O)C2)cccc1[N+](=O)[O-]. The molecule has 2 rings (SSSR count). The topological polar surface area (TPSA) is 107 Å². The Morgan fingerprint density at radius 1 is 1.43 bits per heavy atom. The van der Waals surface area contributed by atoms with Crippen LogP contribution in [0.2, 0.25) is 0 Å². The van der Waals surface area contributed by atoms with Crippen LogP contribution in [0, 0.1) is 23.0 Å². The average Bonchev–Trinajstić information content (AvgIpc) is 2.46. The molecule has 112 valence electrons. The van der Waals surface area contributed by atoms with Gasteiger partial charge in [-0.05, 0) is 25.8 Å². The van der Waals surface area contributed by atoms with Crippen LogP contribution in [-0.2, 0) is 4.79 Å². The van der Waals surface area contributed by atoms with Gasteiger partial charge in [-0.3, -0.25) is 19.7 Å². The zero-order chi connectivity index (χ0) is 15.6. The Kier molecular flexibility index (Phi) is 4.21. The van der Waals surface area contributed by atoms with Crippen LogP contribution >= 0.6 is 0 Å². The zero-order valence-corrected chi connectivity index (χ0v) is 11.7. The number of carbonyl (C=O) groups is 2. The molecule has 2 amide bonds. The van der Waals surface area contributed by atoms with Crippen molar-refractivity contribution in [1.82, 2.24) is 4.90 Å². The third-order valence-corrected chi connectivity index (χ3v) is 3.84. The van der Waals surface area contributed by atoms with Crippen molar-refractivity contribution in [3.63, 3.8) is 0 Å². The summed E-state index contributed by atoms with van der Waals surface area (Å²) >= 11 is 0. The number of benzene rings is 1. The Morgan fingerprint density at radius 3 is 2.76 bits per heavy atom. The van der Waals surface area contributed by atoms with Crippen molar-refractivity contribution in [3.05, 3.63) is 39.4 Å². The molecule has 1 atom stereocenters. The molecule has 1 saturated heterocycles. The second-order valence-electron chi connectivity index (χ2n) is 5.20. The molecule has 0 aliphatic carbocycles. The van der Waals surface area contributed by atoms with Crippen LogP contribution in [0.15, 0.2) is 18.2 Å². The van der Waals surface area contributed by atoms with Crippen LogP contribution in [0.3, 0.4) is 0 Å². The van der Waals surface area contributed by atoms with E-state index < -0.39 is 10.8 Å². The zero-order valence-electron chi connectivity index (χ0n) is 11.7. The lowest BCUT2D eigenvalue weighted by atomic mass is 9.96. The summed E-state index contributed by atoms with van der Waals surface area (Å²) in [6, 6.07) is 4.43. The van der Waals surface area contributed by atoms with Crippen molar-refractivity contribution in [3.8, 4) is 0 Å². The first kappa shape index (κ1) is 15.0. The lowest BCUT2D eigenvalue weighted by Gasteiger charge is -2.31. The first-order valence-corrected chi connectivity index (χ1v) is 6.74. The molecule has 1 fully saturated rings. The van der Waals surface area contributed by atoms with Crippen molar-refractivity contribution in [2.75, 3.05) is 13.1 Å². The summed E-state index contributed by atoms with van der Waals surface area (Å²) in [5.41, 5.74) is 5.86. The highest BCUT2D eigenvalue weighted by atomic mass is 16.6. The molecule has 0 saturated carbocycles. The van der Waals surface area contributed by atoms with Crippen LogP contribution in [0.1, 0.15) is 28.8 Å². The number of nitro benzene ring substituents is 1. The predicted molar refractivity (Wildman–Crippen MR) is 75.7 cm³/mol. The molecule has 0 bridgehead atoms. The highest BCUT2D eigenvalue weighted by Gasteiger charge is 2.29. The van der Waals surface area contributed by atoms with E-state index in [-0.39, 0.29) is 24.1 Å². The molecular weight excluding hydrogens is 274 g/mol. The number of nitrogens with two attached hydrogens (primary N) is 1. The summed E-state index contributed by atoms with van der Waals surface area (Å²) in [6.45, 7) is 2.36. The Bertz CT molecular complexity index is 600. The molecule has 0 aromatic heterocycles. The maximum atomic E-state index is 12.5. The number of amides is 2. The van der Waals surface area contributed by atoms with Gasteiger partial charge >= 0.3 is 0 Å². The van der Waals surface area contributed by atoms with Gasteiger partial charge < -0.3 is 10.6 Å². The van der Waals surface area contributed by atoms with E-state index in [0.29, 0.717) is 30.5 Å². The van der Waals surface area contributed by atoms with E-state index in [9.17, 15) is 19.7 Å². The van der Waals surface area contributed by atoms with Gasteiger partial charge in [0.15, 0.2) is 0 Å². The van der Waals surface area contributed by atoms with Crippen LogP contribution in [0.4, 0.5) is 5.69 Å². The summed E-state index contributed by atoms with van der Waals surface area (Å²) in [6.07, 6.45) is 1.38. The fourth-order valence-electron chi connectivity index (χ4n) is 2.62. The quantitative estimate of drug-likeness (QED) is 0.667. The minimum atomic E-state index is -0.505. The summed E-state index contributed by atoms with van der Waals surface area (Å²) in [7, 11) is 0. The van der Waals surface area contributed by atoms with Crippen molar-refractivity contribution in [2.45, 2.75) is 19.8 Å². The molecule has 1 aromatic rings. The van der Waals surface area contributed by atoms with Crippen LogP contribution in [0.25, 0.3) is 0 Å². The molecule has 1 aliphatic rings. The number of likely N-dealkylation sites (tertiary alicyclic amines) is 1. The maximum Gasteiger partial charge on any atom is 0.273 e. The van der Waals surface area contributed by atoms with Crippen molar-refractivity contribution in [2.24, 2.45) is 11.7 Å². The molecule has 0 radical (unpaired) electrons. The van der Waals surface area contributed by atoms with Gasteiger partial charge in [0.05, 0.1) is 10.8 Å². The largest absolute Gasteiger partial charge is 0.369 e. The Hall–Kier alpha value is -2.44. The number of rotatable bonds is 3. The fraction of sp³-hybridized carbons (Fsp3) is 0.429. The van der Waals surface area contributed by atoms with Gasteiger partial charge in [-0.25, -0.2) is 0 Å². The van der Waals surface area contributed by atoms with Crippen LogP contribution in [-0.4, -0.2) is 34.7 Å². The van der Waals surface area contributed by atoms with Gasteiger partial charge in [0, 0.05) is 30.3 Å². The van der Waals surface area contributed by atoms with Crippen molar-refractivity contribution >= 4 is 17.5 Å². The summed E-state index contributed by atoms with van der Waals surface area (Å²) in [5.74, 6) is -1.05. The molecule has 7 nitrogen and oxygen atoms in total. The highest BCUT2D eigenvalue weighted by molar-refractivity contribution is 5.97. The molecule has 1 unspecified atom stereocenters. The van der Waals surface area contributed by atoms with Crippen molar-refractivity contribution in [1.29, 1.82) is 0 Å². The number of nitro groups is 1. The van der Waals surface area contributed by atoms with E-state index in [1.807, 2.05) is 0 Å². The van der Waals surface area contributed by atoms with E-state index in [4.69, 9.17) is 5.73 Å². The van der Waals surface area contributed by atoms with E-state index >= 15 is 0 Å². The molecule has 1 aliphatic heterocycles. The third-order valence-electron chi connectivity index (χ3n) is 3.84. The van der Waals surface area contributed by atoms with Crippen LogP contribution < -0.4 is 5.73 Å². The summed E-state index contributed by atoms with van der Waals surface area (Å²) < 4.78 is 0. The molecule has 1 heterocycles. The molecule has 7 heteroatoms. The lowest BCUT2D eigenvalue weighted by Crippen LogP contribution is -2.44. The average molecular weight is 291 g/mol. The minimum absolute atomic E-state index is 0.0793. The van der Waals surface area contributed by atoms with Crippen molar-refractivity contribution < 1.29 is 14.5 Å². The molecule has 2 N–H and O–H groups in total. The molecule has 1 aromatic carbocycles. The van der Waals surface area contributed by atoms with E-state index in [1.54, 1.807) is 17.9 Å². The Labute approximate surface area is 121 Å². The Morgan fingerprint density at radius 2 is 2.14 bits per heavy atom. The number of nitrogens with zero attached hydrogens (tertiary/aromatic N) is 2. The number of carbonyl (C=O) groups excluding carboxylic acids is 2. The normalized spacial score (nSPS) is 18.3. The lowest BCUT2D eigenvalue weighted by molar-refractivity contribution is -0.385. The number of hydrogen-bond acceptors (Lipinski definition) is 4. The van der Waals surface area contributed by atoms with Gasteiger partial charge in [-0.2, -0.15) is 0 Å². The smallest absolute Gasteiger partial charge is 0.273 e. The standard InChI is InChI=1S/C14H17N3O4/c1-9-11(5-2-6-12(9)17(20)21)14(19)16-7-3-4-10(8-16)13(15)18/h2,5-6,10H,3-4,7-8H2,1H3,(H2,15,18).